The van der Waals surface area contributed by atoms with E-state index in [1.807, 2.05) is 109 Å². The van der Waals surface area contributed by atoms with Gasteiger partial charge in [-0.15, -0.1) is 0 Å². The molecule has 6 aromatic carbocycles. The summed E-state index contributed by atoms with van der Waals surface area (Å²) >= 11 is 7.31. The van der Waals surface area contributed by atoms with Crippen LogP contribution in [0.2, 0.25) is 0 Å². The Morgan fingerprint density at radius 1 is 0.357 bits per heavy atom. The first-order chi connectivity index (χ1) is 20.4. The van der Waals surface area contributed by atoms with Crippen LogP contribution in [0.3, 0.4) is 0 Å². The third kappa shape index (κ3) is 4.29. The molecule has 2 nitrogen and oxygen atoms in total. The molecule has 6 aromatic rings. The predicted octanol–water partition coefficient (Wildman–Crippen LogP) is 9.43. The van der Waals surface area contributed by atoms with Gasteiger partial charge in [-0.2, -0.15) is 0 Å². The molecule has 2 atom stereocenters. The predicted molar refractivity (Wildman–Crippen MR) is 176 cm³/mol. The van der Waals surface area contributed by atoms with Crippen molar-refractivity contribution in [3.63, 3.8) is 0 Å². The fourth-order valence-corrected chi connectivity index (χ4v) is 7.01. The summed E-state index contributed by atoms with van der Waals surface area (Å²) < 4.78 is 1.64. The molecule has 0 saturated heterocycles. The standard InChI is InChI=1S/C38H26Br2O2/c39-31-18-20-34-35(23-31)37(41,29-15-7-13-27(21-29)25-9-3-1-4-10-25)33-19-17-32(40)24-36(33)38(34,42)30-16-8-14-28(22-30)26-11-5-2-6-12-26/h1-24,41-42H. The topological polar surface area (TPSA) is 40.5 Å². The van der Waals surface area contributed by atoms with Gasteiger partial charge in [0.1, 0.15) is 11.2 Å². The number of hydrogen-bond acceptors (Lipinski definition) is 2. The number of benzene rings is 6. The van der Waals surface area contributed by atoms with Crippen LogP contribution in [0, 0.1) is 0 Å². The van der Waals surface area contributed by atoms with E-state index in [0.717, 1.165) is 42.3 Å². The Morgan fingerprint density at radius 2 is 0.738 bits per heavy atom. The zero-order valence-electron chi connectivity index (χ0n) is 22.5. The first-order valence-corrected chi connectivity index (χ1v) is 15.4. The highest BCUT2D eigenvalue weighted by atomic mass is 79.9. The maximum atomic E-state index is 13.0. The van der Waals surface area contributed by atoms with Gasteiger partial charge in [-0.1, -0.05) is 141 Å². The van der Waals surface area contributed by atoms with Crippen LogP contribution in [0.4, 0.5) is 0 Å². The van der Waals surface area contributed by atoms with Crippen LogP contribution in [-0.4, -0.2) is 10.2 Å². The second-order valence-electron chi connectivity index (χ2n) is 10.7. The van der Waals surface area contributed by atoms with Gasteiger partial charge >= 0.3 is 0 Å². The summed E-state index contributed by atoms with van der Waals surface area (Å²) in [5.74, 6) is 0. The molecule has 2 unspecified atom stereocenters. The Labute approximate surface area is 262 Å². The van der Waals surface area contributed by atoms with Crippen LogP contribution in [0.25, 0.3) is 22.3 Å². The number of fused-ring (bicyclic) bond motifs is 2. The third-order valence-electron chi connectivity index (χ3n) is 8.30. The fourth-order valence-electron chi connectivity index (χ4n) is 6.28. The molecule has 0 bridgehead atoms. The summed E-state index contributed by atoms with van der Waals surface area (Å²) in [6.07, 6.45) is 0. The summed E-state index contributed by atoms with van der Waals surface area (Å²) in [4.78, 5) is 0. The molecule has 2 N–H and O–H groups in total. The lowest BCUT2D eigenvalue weighted by molar-refractivity contribution is 0.0747. The molecule has 0 amide bonds. The number of rotatable bonds is 4. The molecular weight excluding hydrogens is 648 g/mol. The van der Waals surface area contributed by atoms with E-state index in [0.29, 0.717) is 22.3 Å². The highest BCUT2D eigenvalue weighted by Gasteiger charge is 2.51. The minimum atomic E-state index is -1.52. The zero-order chi connectivity index (χ0) is 28.9. The zero-order valence-corrected chi connectivity index (χ0v) is 25.7. The molecule has 7 rings (SSSR count). The lowest BCUT2D eigenvalue weighted by Gasteiger charge is -2.45. The normalized spacial score (nSPS) is 19.1. The molecule has 4 heteroatoms. The van der Waals surface area contributed by atoms with E-state index >= 15 is 0 Å². The minimum Gasteiger partial charge on any atom is -0.376 e. The van der Waals surface area contributed by atoms with Crippen molar-refractivity contribution in [2.75, 3.05) is 0 Å². The van der Waals surface area contributed by atoms with Gasteiger partial charge in [-0.05, 0) is 80.9 Å². The first-order valence-electron chi connectivity index (χ1n) is 13.8. The first kappa shape index (κ1) is 27.1. The smallest absolute Gasteiger partial charge is 0.141 e. The maximum Gasteiger partial charge on any atom is 0.141 e. The second-order valence-corrected chi connectivity index (χ2v) is 12.5. The number of halogens is 2. The molecule has 0 aliphatic heterocycles. The van der Waals surface area contributed by atoms with Crippen LogP contribution in [0.1, 0.15) is 33.4 Å². The molecule has 42 heavy (non-hydrogen) atoms. The van der Waals surface area contributed by atoms with Gasteiger partial charge in [0.2, 0.25) is 0 Å². The van der Waals surface area contributed by atoms with E-state index in [2.05, 4.69) is 68.3 Å². The molecule has 0 saturated carbocycles. The van der Waals surface area contributed by atoms with E-state index in [9.17, 15) is 10.2 Å². The molecule has 0 heterocycles. The van der Waals surface area contributed by atoms with Crippen molar-refractivity contribution >= 4 is 31.9 Å². The Morgan fingerprint density at radius 3 is 1.14 bits per heavy atom. The quantitative estimate of drug-likeness (QED) is 0.196. The van der Waals surface area contributed by atoms with Gasteiger partial charge in [0.05, 0.1) is 0 Å². The Hall–Kier alpha value is -3.80. The highest BCUT2D eigenvalue weighted by Crippen LogP contribution is 2.54. The Balaban J connectivity index is 1.51. The largest absolute Gasteiger partial charge is 0.376 e. The van der Waals surface area contributed by atoms with Crippen molar-refractivity contribution in [3.05, 3.63) is 188 Å². The number of hydrogen-bond donors (Lipinski definition) is 2. The molecule has 0 aromatic heterocycles. The molecule has 1 aliphatic rings. The van der Waals surface area contributed by atoms with Crippen LogP contribution < -0.4 is 0 Å². The summed E-state index contributed by atoms with van der Waals surface area (Å²) in [7, 11) is 0. The van der Waals surface area contributed by atoms with E-state index in [4.69, 9.17) is 0 Å². The van der Waals surface area contributed by atoms with Crippen LogP contribution in [0.5, 0.6) is 0 Å². The fraction of sp³-hybridized carbons (Fsp3) is 0.0526. The summed E-state index contributed by atoms with van der Waals surface area (Å²) in [6, 6.07) is 48.0. The Bertz CT molecular complexity index is 1790. The third-order valence-corrected chi connectivity index (χ3v) is 9.28. The van der Waals surface area contributed by atoms with Crippen molar-refractivity contribution < 1.29 is 10.2 Å². The van der Waals surface area contributed by atoms with Crippen LogP contribution >= 0.6 is 31.9 Å². The summed E-state index contributed by atoms with van der Waals surface area (Å²) in [5, 5.41) is 26.0. The molecule has 0 radical (unpaired) electrons. The van der Waals surface area contributed by atoms with Crippen LogP contribution in [0.15, 0.2) is 155 Å². The van der Waals surface area contributed by atoms with Crippen molar-refractivity contribution in [2.24, 2.45) is 0 Å². The average molecular weight is 674 g/mol. The minimum absolute atomic E-state index is 0.629. The lowest BCUT2D eigenvalue weighted by Crippen LogP contribution is -2.44. The Kier molecular flexibility index (Phi) is 6.75. The average Bonchev–Trinajstić information content (AvgIpc) is 3.04. The van der Waals surface area contributed by atoms with E-state index < -0.39 is 11.2 Å². The van der Waals surface area contributed by atoms with Gasteiger partial charge in [-0.25, -0.2) is 0 Å². The number of aliphatic hydroxyl groups is 2. The van der Waals surface area contributed by atoms with Crippen molar-refractivity contribution in [2.45, 2.75) is 11.2 Å². The van der Waals surface area contributed by atoms with Gasteiger partial charge in [0.25, 0.3) is 0 Å². The van der Waals surface area contributed by atoms with E-state index in [1.54, 1.807) is 0 Å². The molecule has 0 spiro atoms. The highest BCUT2D eigenvalue weighted by molar-refractivity contribution is 9.10. The molecule has 0 fully saturated rings. The van der Waals surface area contributed by atoms with Gasteiger partial charge < -0.3 is 10.2 Å². The van der Waals surface area contributed by atoms with Crippen molar-refractivity contribution in [1.82, 2.24) is 0 Å². The molecular formula is C38H26Br2O2. The SMILES string of the molecule is OC1(c2cccc(-c3ccccc3)c2)c2ccc(Br)cc2C(O)(c2cccc(-c3ccccc3)c2)c2ccc(Br)cc21. The molecule has 1 aliphatic carbocycles. The maximum absolute atomic E-state index is 13.0. The lowest BCUT2D eigenvalue weighted by atomic mass is 9.63. The van der Waals surface area contributed by atoms with Crippen molar-refractivity contribution in [3.8, 4) is 22.3 Å². The van der Waals surface area contributed by atoms with Crippen LogP contribution in [-0.2, 0) is 11.2 Å². The van der Waals surface area contributed by atoms with Gasteiger partial charge in [-0.3, -0.25) is 0 Å². The van der Waals surface area contributed by atoms with Crippen molar-refractivity contribution in [1.29, 1.82) is 0 Å². The van der Waals surface area contributed by atoms with E-state index in [-0.39, 0.29) is 0 Å². The summed E-state index contributed by atoms with van der Waals surface area (Å²) in [6.45, 7) is 0. The second kappa shape index (κ2) is 10.5. The van der Waals surface area contributed by atoms with Gasteiger partial charge in [0, 0.05) is 20.1 Å². The van der Waals surface area contributed by atoms with Gasteiger partial charge in [0.15, 0.2) is 0 Å². The monoisotopic (exact) mass is 672 g/mol. The molecule has 204 valence electrons. The van der Waals surface area contributed by atoms with E-state index in [1.165, 1.54) is 0 Å². The summed E-state index contributed by atoms with van der Waals surface area (Å²) in [5.41, 5.74) is 5.08.